The predicted molar refractivity (Wildman–Crippen MR) is 122 cm³/mol. The maximum atomic E-state index is 14.9. The lowest BCUT2D eigenvalue weighted by Crippen LogP contribution is -2.54. The van der Waals surface area contributed by atoms with E-state index in [1.54, 1.807) is 13.0 Å². The maximum Gasteiger partial charge on any atom is 0.338 e. The zero-order valence-electron chi connectivity index (χ0n) is 18.5. The van der Waals surface area contributed by atoms with Crippen LogP contribution in [0.2, 0.25) is 0 Å². The Morgan fingerprint density at radius 2 is 1.82 bits per heavy atom. The number of rotatable bonds is 5. The zero-order chi connectivity index (χ0) is 24.2. The molecular weight excluding hydrogens is 471 g/mol. The molecule has 2 unspecified atom stereocenters. The molecule has 178 valence electrons. The molecule has 0 saturated carbocycles. The number of methoxy groups -OCH3 is 1. The monoisotopic (exact) mass is 496 g/mol. The summed E-state index contributed by atoms with van der Waals surface area (Å²) in [7, 11) is -7.37. The molecule has 1 aliphatic carbocycles. The molecule has 0 amide bonds. The first-order valence-corrected chi connectivity index (χ1v) is 13.4. The number of sulfonamides is 1. The second-order valence-electron chi connectivity index (χ2n) is 8.47. The number of carbonyl (C=O) groups excluding carboxylic acids is 1. The van der Waals surface area contributed by atoms with Crippen LogP contribution in [-0.2, 0) is 24.8 Å². The van der Waals surface area contributed by atoms with Gasteiger partial charge in [0.15, 0.2) is 0 Å². The molecule has 0 bridgehead atoms. The lowest BCUT2D eigenvalue weighted by molar-refractivity contribution is 0.0603. The third-order valence-electron chi connectivity index (χ3n) is 6.34. The Kier molecular flexibility index (Phi) is 5.78. The van der Waals surface area contributed by atoms with Crippen molar-refractivity contribution >= 4 is 36.9 Å². The number of benzene rings is 1. The number of hydrogen-bond acceptors (Lipinski definition) is 6. The van der Waals surface area contributed by atoms with Crippen LogP contribution in [-0.4, -0.2) is 61.3 Å². The summed E-state index contributed by atoms with van der Waals surface area (Å²) >= 11 is 0. The molecule has 11 heteroatoms. The van der Waals surface area contributed by atoms with Crippen LogP contribution >= 0.6 is 0 Å². The topological polar surface area (TPSA) is 103 Å². The SMILES string of the molecule is COC(=O)c1ccc(F)c2c1ccn2S(=O)(=O)C1(C)C=C(C)C=CC1S(=O)(=O)N1CCCC1. The molecule has 1 aromatic heterocycles. The number of ether oxygens (including phenoxy) is 1. The minimum Gasteiger partial charge on any atom is -0.465 e. The van der Waals surface area contributed by atoms with Crippen molar-refractivity contribution in [1.82, 2.24) is 8.28 Å². The van der Waals surface area contributed by atoms with Gasteiger partial charge in [-0.25, -0.2) is 34.3 Å². The van der Waals surface area contributed by atoms with E-state index in [9.17, 15) is 26.0 Å². The van der Waals surface area contributed by atoms with Crippen molar-refractivity contribution < 1.29 is 30.8 Å². The number of fused-ring (bicyclic) bond motifs is 1. The lowest BCUT2D eigenvalue weighted by Gasteiger charge is -2.37. The van der Waals surface area contributed by atoms with Crippen LogP contribution in [0.3, 0.4) is 0 Å². The first-order valence-electron chi connectivity index (χ1n) is 10.4. The van der Waals surface area contributed by atoms with E-state index in [-0.39, 0.29) is 16.5 Å². The van der Waals surface area contributed by atoms with Crippen molar-refractivity contribution in [3.63, 3.8) is 0 Å². The summed E-state index contributed by atoms with van der Waals surface area (Å²) in [6.45, 7) is 3.67. The Hall–Kier alpha value is -2.50. The molecule has 0 N–H and O–H groups in total. The van der Waals surface area contributed by atoms with E-state index in [1.165, 1.54) is 42.6 Å². The molecular formula is C22H25FN2O6S2. The van der Waals surface area contributed by atoms with Crippen LogP contribution in [0, 0.1) is 5.82 Å². The second-order valence-corrected chi connectivity index (χ2v) is 12.7. The highest BCUT2D eigenvalue weighted by Gasteiger charge is 2.53. The molecule has 1 aliphatic heterocycles. The number of nitrogens with zero attached hydrogens (tertiary/aromatic N) is 2. The summed E-state index contributed by atoms with van der Waals surface area (Å²) in [4.78, 5) is 12.1. The van der Waals surface area contributed by atoms with E-state index in [2.05, 4.69) is 0 Å². The van der Waals surface area contributed by atoms with E-state index in [0.717, 1.165) is 16.2 Å². The van der Waals surface area contributed by atoms with Crippen molar-refractivity contribution in [2.24, 2.45) is 0 Å². The van der Waals surface area contributed by atoms with E-state index in [0.29, 0.717) is 31.5 Å². The average molecular weight is 497 g/mol. The van der Waals surface area contributed by atoms with Crippen LogP contribution < -0.4 is 0 Å². The van der Waals surface area contributed by atoms with Gasteiger partial charge >= 0.3 is 5.97 Å². The number of aromatic nitrogens is 1. The van der Waals surface area contributed by atoms with Crippen molar-refractivity contribution in [2.75, 3.05) is 20.2 Å². The number of hydrogen-bond donors (Lipinski definition) is 0. The quantitative estimate of drug-likeness (QED) is 0.590. The average Bonchev–Trinajstić information content (AvgIpc) is 3.44. The van der Waals surface area contributed by atoms with Crippen molar-refractivity contribution in [3.05, 3.63) is 59.6 Å². The Bertz CT molecular complexity index is 1400. The fraction of sp³-hybridized carbons (Fsp3) is 0.409. The summed E-state index contributed by atoms with van der Waals surface area (Å²) in [6, 6.07) is 3.52. The Morgan fingerprint density at radius 3 is 2.45 bits per heavy atom. The van der Waals surface area contributed by atoms with Gasteiger partial charge in [0.2, 0.25) is 20.0 Å². The van der Waals surface area contributed by atoms with Gasteiger partial charge in [-0.1, -0.05) is 23.8 Å². The Balaban J connectivity index is 1.94. The first-order chi connectivity index (χ1) is 15.4. The van der Waals surface area contributed by atoms with Crippen molar-refractivity contribution in [3.8, 4) is 0 Å². The van der Waals surface area contributed by atoms with Crippen LogP contribution in [0.15, 0.2) is 48.2 Å². The number of carbonyl (C=O) groups is 1. The van der Waals surface area contributed by atoms with Crippen LogP contribution in [0.5, 0.6) is 0 Å². The first kappa shape index (κ1) is 23.7. The van der Waals surface area contributed by atoms with Gasteiger partial charge in [0.05, 0.1) is 12.7 Å². The molecule has 2 aliphatic rings. The molecule has 33 heavy (non-hydrogen) atoms. The standard InChI is InChI=1S/C22H25FN2O6S2/c1-15-6-9-19(32(27,28)24-11-4-5-12-24)22(2,14-15)33(29,30)25-13-10-16-17(21(26)31-3)7-8-18(23)20(16)25/h6-10,13-14,19H,4-5,11-12H2,1-3H3. The summed E-state index contributed by atoms with van der Waals surface area (Å²) in [5, 5.41) is -1.35. The predicted octanol–water partition coefficient (Wildman–Crippen LogP) is 2.81. The van der Waals surface area contributed by atoms with Crippen LogP contribution in [0.4, 0.5) is 4.39 Å². The number of esters is 1. The fourth-order valence-electron chi connectivity index (χ4n) is 4.62. The molecule has 8 nitrogen and oxygen atoms in total. The van der Waals surface area contributed by atoms with E-state index in [1.807, 2.05) is 0 Å². The van der Waals surface area contributed by atoms with Crippen LogP contribution in [0.25, 0.3) is 10.9 Å². The molecule has 1 aromatic carbocycles. The molecule has 2 aromatic rings. The molecule has 1 fully saturated rings. The van der Waals surface area contributed by atoms with E-state index < -0.39 is 41.8 Å². The third kappa shape index (κ3) is 3.53. The molecule has 2 atom stereocenters. The minimum absolute atomic E-state index is 0.00417. The van der Waals surface area contributed by atoms with E-state index >= 15 is 0 Å². The second kappa shape index (κ2) is 8.07. The Labute approximate surface area is 192 Å². The number of allylic oxidation sites excluding steroid dienone is 2. The number of halogens is 1. The van der Waals surface area contributed by atoms with Gasteiger partial charge in [-0.15, -0.1) is 0 Å². The van der Waals surface area contributed by atoms with Gasteiger partial charge in [-0.2, -0.15) is 0 Å². The normalized spacial score (nSPS) is 24.2. The van der Waals surface area contributed by atoms with Gasteiger partial charge in [0.25, 0.3) is 0 Å². The van der Waals surface area contributed by atoms with Gasteiger partial charge < -0.3 is 4.74 Å². The van der Waals surface area contributed by atoms with Gasteiger partial charge in [0.1, 0.15) is 21.3 Å². The minimum atomic E-state index is -4.52. The highest BCUT2D eigenvalue weighted by atomic mass is 32.2. The van der Waals surface area contributed by atoms with E-state index in [4.69, 9.17) is 4.74 Å². The van der Waals surface area contributed by atoms with Crippen LogP contribution in [0.1, 0.15) is 37.0 Å². The van der Waals surface area contributed by atoms with Crippen molar-refractivity contribution in [2.45, 2.75) is 36.7 Å². The molecule has 0 spiro atoms. The fourth-order valence-corrected chi connectivity index (χ4v) is 9.16. The lowest BCUT2D eigenvalue weighted by atomic mass is 9.97. The third-order valence-corrected chi connectivity index (χ3v) is 11.2. The van der Waals surface area contributed by atoms with Gasteiger partial charge in [-0.3, -0.25) is 0 Å². The largest absolute Gasteiger partial charge is 0.465 e. The zero-order valence-corrected chi connectivity index (χ0v) is 20.1. The maximum absolute atomic E-state index is 14.9. The smallest absolute Gasteiger partial charge is 0.338 e. The van der Waals surface area contributed by atoms with Gasteiger partial charge in [-0.05, 0) is 44.9 Å². The summed E-state index contributed by atoms with van der Waals surface area (Å²) in [5.74, 6) is -1.60. The highest BCUT2D eigenvalue weighted by molar-refractivity contribution is 7.95. The summed E-state index contributed by atoms with van der Waals surface area (Å²) < 4.78 is 74.8. The summed E-state index contributed by atoms with van der Waals surface area (Å²) in [5.41, 5.74) is 0.239. The molecule has 4 rings (SSSR count). The Morgan fingerprint density at radius 1 is 1.15 bits per heavy atom. The molecule has 2 heterocycles. The molecule has 1 saturated heterocycles. The highest BCUT2D eigenvalue weighted by Crippen LogP contribution is 2.39. The molecule has 0 radical (unpaired) electrons. The summed E-state index contributed by atoms with van der Waals surface area (Å²) in [6.07, 6.45) is 6.92. The van der Waals surface area contributed by atoms with Crippen molar-refractivity contribution in [1.29, 1.82) is 0 Å². The van der Waals surface area contributed by atoms with Gasteiger partial charge in [0, 0.05) is 24.7 Å².